The van der Waals surface area contributed by atoms with Gasteiger partial charge in [-0.25, -0.2) is 0 Å². The molecule has 2 nitrogen and oxygen atoms in total. The topological polar surface area (TPSA) is 30.0 Å². The van der Waals surface area contributed by atoms with E-state index in [-0.39, 0.29) is 0 Å². The van der Waals surface area contributed by atoms with Crippen molar-refractivity contribution in [1.29, 1.82) is 0 Å². The minimum Gasteiger partial charge on any atom is -0.298 e. The minimum absolute atomic E-state index is 0.695. The lowest BCUT2D eigenvalue weighted by Gasteiger charge is -1.97. The third kappa shape index (κ3) is 0.975. The van der Waals surface area contributed by atoms with Crippen molar-refractivity contribution in [3.63, 3.8) is 0 Å². The van der Waals surface area contributed by atoms with Gasteiger partial charge in [-0.2, -0.15) is 0 Å². The highest BCUT2D eigenvalue weighted by molar-refractivity contribution is 5.97. The molecule has 1 heterocycles. The number of hydrogen-bond donors (Lipinski definition) is 0. The number of rotatable bonds is 1. The molecule has 0 saturated heterocycles. The molecule has 0 radical (unpaired) electrons. The number of carbonyl (C=O) groups excluding carboxylic acids is 1. The van der Waals surface area contributed by atoms with Crippen LogP contribution in [0.15, 0.2) is 36.7 Å². The second-order valence-corrected chi connectivity index (χ2v) is 2.56. The van der Waals surface area contributed by atoms with E-state index >= 15 is 0 Å². The summed E-state index contributed by atoms with van der Waals surface area (Å²) >= 11 is 0. The fourth-order valence-electron chi connectivity index (χ4n) is 1.24. The van der Waals surface area contributed by atoms with Gasteiger partial charge < -0.3 is 0 Å². The van der Waals surface area contributed by atoms with E-state index in [2.05, 4.69) is 4.98 Å². The molecule has 0 N–H and O–H groups in total. The SMILES string of the molecule is O=Cc1cccc2ccncc12. The van der Waals surface area contributed by atoms with Crippen LogP contribution in [0.3, 0.4) is 0 Å². The summed E-state index contributed by atoms with van der Waals surface area (Å²) in [6, 6.07) is 7.51. The summed E-state index contributed by atoms with van der Waals surface area (Å²) in [5.74, 6) is 0. The van der Waals surface area contributed by atoms with Crippen LogP contribution in [0.4, 0.5) is 0 Å². The molecule has 0 aliphatic heterocycles. The molecule has 0 aliphatic carbocycles. The van der Waals surface area contributed by atoms with Crippen molar-refractivity contribution in [2.24, 2.45) is 0 Å². The quantitative estimate of drug-likeness (QED) is 0.593. The van der Waals surface area contributed by atoms with Crippen LogP contribution < -0.4 is 0 Å². The van der Waals surface area contributed by atoms with Gasteiger partial charge in [-0.3, -0.25) is 9.78 Å². The van der Waals surface area contributed by atoms with Gasteiger partial charge in [0, 0.05) is 23.3 Å². The number of aromatic nitrogens is 1. The summed E-state index contributed by atoms with van der Waals surface area (Å²) < 4.78 is 0. The highest BCUT2D eigenvalue weighted by atomic mass is 16.1. The molecule has 0 fully saturated rings. The Kier molecular flexibility index (Phi) is 1.59. The van der Waals surface area contributed by atoms with Crippen molar-refractivity contribution in [2.45, 2.75) is 0 Å². The molecule has 0 amide bonds. The Hall–Kier alpha value is -1.70. The maximum absolute atomic E-state index is 10.6. The van der Waals surface area contributed by atoms with E-state index in [9.17, 15) is 4.79 Å². The highest BCUT2D eigenvalue weighted by Gasteiger charge is 1.96. The standard InChI is InChI=1S/C10H7NO/c12-7-9-3-1-2-8-4-5-11-6-10(8)9/h1-7H. The first-order valence-corrected chi connectivity index (χ1v) is 3.70. The van der Waals surface area contributed by atoms with E-state index < -0.39 is 0 Å². The van der Waals surface area contributed by atoms with Gasteiger partial charge in [0.05, 0.1) is 0 Å². The first kappa shape index (κ1) is 6.98. The largest absolute Gasteiger partial charge is 0.298 e. The van der Waals surface area contributed by atoms with E-state index in [0.717, 1.165) is 17.1 Å². The fourth-order valence-corrected chi connectivity index (χ4v) is 1.24. The number of aldehydes is 1. The maximum atomic E-state index is 10.6. The second-order valence-electron chi connectivity index (χ2n) is 2.56. The van der Waals surface area contributed by atoms with Crippen molar-refractivity contribution in [3.05, 3.63) is 42.2 Å². The van der Waals surface area contributed by atoms with Crippen LogP contribution in [-0.4, -0.2) is 11.3 Å². The Balaban J connectivity index is 2.88. The van der Waals surface area contributed by atoms with Crippen LogP contribution >= 0.6 is 0 Å². The molecule has 2 rings (SSSR count). The second kappa shape index (κ2) is 2.74. The van der Waals surface area contributed by atoms with Crippen LogP contribution in [-0.2, 0) is 0 Å². The minimum atomic E-state index is 0.695. The van der Waals surface area contributed by atoms with Gasteiger partial charge in [0.2, 0.25) is 0 Å². The lowest BCUT2D eigenvalue weighted by Crippen LogP contribution is -1.83. The number of nitrogens with zero attached hydrogens (tertiary/aromatic N) is 1. The van der Waals surface area contributed by atoms with Crippen molar-refractivity contribution in [1.82, 2.24) is 4.98 Å². The average molecular weight is 157 g/mol. The Morgan fingerprint density at radius 1 is 1.25 bits per heavy atom. The molecule has 0 aliphatic rings. The molecule has 2 aromatic rings. The summed E-state index contributed by atoms with van der Waals surface area (Å²) in [6.07, 6.45) is 4.28. The molecule has 12 heavy (non-hydrogen) atoms. The summed E-state index contributed by atoms with van der Waals surface area (Å²) in [4.78, 5) is 14.6. The molecule has 2 heteroatoms. The molecule has 1 aromatic carbocycles. The third-order valence-electron chi connectivity index (χ3n) is 1.84. The maximum Gasteiger partial charge on any atom is 0.150 e. The predicted molar refractivity (Wildman–Crippen MR) is 47.1 cm³/mol. The van der Waals surface area contributed by atoms with Crippen molar-refractivity contribution in [2.75, 3.05) is 0 Å². The highest BCUT2D eigenvalue weighted by Crippen LogP contribution is 2.14. The smallest absolute Gasteiger partial charge is 0.150 e. The van der Waals surface area contributed by atoms with Crippen LogP contribution in [0.25, 0.3) is 10.8 Å². The van der Waals surface area contributed by atoms with E-state index in [4.69, 9.17) is 0 Å². The zero-order valence-electron chi connectivity index (χ0n) is 6.40. The van der Waals surface area contributed by atoms with Gasteiger partial charge in [0.25, 0.3) is 0 Å². The molecular weight excluding hydrogens is 150 g/mol. The summed E-state index contributed by atoms with van der Waals surface area (Å²) in [7, 11) is 0. The van der Waals surface area contributed by atoms with Gasteiger partial charge >= 0.3 is 0 Å². The Labute approximate surface area is 69.9 Å². The molecule has 58 valence electrons. The van der Waals surface area contributed by atoms with Gasteiger partial charge in [-0.1, -0.05) is 18.2 Å². The van der Waals surface area contributed by atoms with Crippen LogP contribution in [0.1, 0.15) is 10.4 Å². The molecule has 0 bridgehead atoms. The lowest BCUT2D eigenvalue weighted by molar-refractivity contribution is 0.112. The summed E-state index contributed by atoms with van der Waals surface area (Å²) in [5.41, 5.74) is 0.695. The molecule has 0 spiro atoms. The van der Waals surface area contributed by atoms with Crippen LogP contribution in [0, 0.1) is 0 Å². The van der Waals surface area contributed by atoms with Gasteiger partial charge in [0.1, 0.15) is 0 Å². The molecule has 1 aromatic heterocycles. The third-order valence-corrected chi connectivity index (χ3v) is 1.84. The summed E-state index contributed by atoms with van der Waals surface area (Å²) in [5, 5.41) is 1.96. The zero-order valence-corrected chi connectivity index (χ0v) is 6.40. The molecule has 0 atom stereocenters. The molecule has 0 unspecified atom stereocenters. The van der Waals surface area contributed by atoms with Crippen molar-refractivity contribution in [3.8, 4) is 0 Å². The molecular formula is C10H7NO. The Bertz CT molecular complexity index is 418. The van der Waals surface area contributed by atoms with Gasteiger partial charge in [-0.15, -0.1) is 0 Å². The van der Waals surface area contributed by atoms with E-state index in [0.29, 0.717) is 5.56 Å². The predicted octanol–water partition coefficient (Wildman–Crippen LogP) is 2.05. The Morgan fingerprint density at radius 2 is 2.17 bits per heavy atom. The monoisotopic (exact) mass is 157 g/mol. The van der Waals surface area contributed by atoms with Crippen molar-refractivity contribution < 1.29 is 4.79 Å². The van der Waals surface area contributed by atoms with E-state index in [1.807, 2.05) is 18.2 Å². The van der Waals surface area contributed by atoms with E-state index in [1.165, 1.54) is 0 Å². The number of benzene rings is 1. The van der Waals surface area contributed by atoms with Crippen LogP contribution in [0.5, 0.6) is 0 Å². The first-order chi connectivity index (χ1) is 5.92. The fraction of sp³-hybridized carbons (Fsp3) is 0. The number of carbonyl (C=O) groups is 1. The van der Waals surface area contributed by atoms with Gasteiger partial charge in [0.15, 0.2) is 6.29 Å². The zero-order chi connectivity index (χ0) is 8.39. The van der Waals surface area contributed by atoms with Crippen molar-refractivity contribution >= 4 is 17.1 Å². The average Bonchev–Trinajstić information content (AvgIpc) is 2.17. The van der Waals surface area contributed by atoms with Crippen LogP contribution in [0.2, 0.25) is 0 Å². The number of pyridine rings is 1. The number of hydrogen-bond acceptors (Lipinski definition) is 2. The normalized spacial score (nSPS) is 10.0. The summed E-state index contributed by atoms with van der Waals surface area (Å²) in [6.45, 7) is 0. The Morgan fingerprint density at radius 3 is 3.00 bits per heavy atom. The lowest BCUT2D eigenvalue weighted by atomic mass is 10.1. The number of fused-ring (bicyclic) bond motifs is 1. The van der Waals surface area contributed by atoms with E-state index in [1.54, 1.807) is 18.5 Å². The van der Waals surface area contributed by atoms with Gasteiger partial charge in [-0.05, 0) is 11.5 Å². The first-order valence-electron chi connectivity index (χ1n) is 3.70. The molecule has 0 saturated carbocycles.